The topological polar surface area (TPSA) is 41.9 Å². The predicted molar refractivity (Wildman–Crippen MR) is 91.1 cm³/mol. The molecule has 3 rings (SSSR count). The summed E-state index contributed by atoms with van der Waals surface area (Å²) < 4.78 is 54.4. The summed E-state index contributed by atoms with van der Waals surface area (Å²) in [6.45, 7) is 1.76. The zero-order chi connectivity index (χ0) is 21.1. The lowest BCUT2D eigenvalue weighted by atomic mass is 9.79. The SMILES string of the molecule is [2H]C1([2H])[C@@H](O)[C@@]([2H])(CC(C)C)C([2H])([2H])N2CCc3cc(OC)c(OC)cc3[C@@H]21. The molecule has 1 saturated heterocycles. The van der Waals surface area contributed by atoms with Gasteiger partial charge in [0.15, 0.2) is 11.5 Å². The Balaban J connectivity index is 2.18. The smallest absolute Gasteiger partial charge is 0.161 e. The van der Waals surface area contributed by atoms with E-state index >= 15 is 0 Å². The quantitative estimate of drug-likeness (QED) is 0.924. The van der Waals surface area contributed by atoms with Gasteiger partial charge in [-0.3, -0.25) is 4.90 Å². The van der Waals surface area contributed by atoms with Crippen molar-refractivity contribution in [2.24, 2.45) is 11.8 Å². The van der Waals surface area contributed by atoms with Crippen molar-refractivity contribution in [1.82, 2.24) is 4.90 Å². The summed E-state index contributed by atoms with van der Waals surface area (Å²) in [4.78, 5) is 1.42. The van der Waals surface area contributed by atoms with Gasteiger partial charge in [-0.25, -0.2) is 0 Å². The van der Waals surface area contributed by atoms with Gasteiger partial charge in [-0.15, -0.1) is 0 Å². The number of aliphatic hydroxyl groups excluding tert-OH is 1. The van der Waals surface area contributed by atoms with E-state index in [1.54, 1.807) is 12.1 Å². The number of piperidine rings is 1. The highest BCUT2D eigenvalue weighted by molar-refractivity contribution is 5.49. The Bertz CT molecular complexity index is 757. The van der Waals surface area contributed by atoms with Crippen LogP contribution in [0.3, 0.4) is 0 Å². The third kappa shape index (κ3) is 3.20. The number of rotatable bonds is 4. The van der Waals surface area contributed by atoms with E-state index in [0.29, 0.717) is 23.5 Å². The molecular weight excluding hydrogens is 290 g/mol. The Hall–Kier alpha value is -1.26. The molecule has 1 N–H and O–H groups in total. The van der Waals surface area contributed by atoms with Crippen molar-refractivity contribution in [1.29, 1.82) is 0 Å². The first-order valence-electron chi connectivity index (χ1n) is 10.6. The molecule has 4 heteroatoms. The fourth-order valence-electron chi connectivity index (χ4n) is 3.34. The van der Waals surface area contributed by atoms with Gasteiger partial charge in [0.1, 0.15) is 0 Å². The maximum Gasteiger partial charge on any atom is 0.161 e. The van der Waals surface area contributed by atoms with Crippen LogP contribution in [0.25, 0.3) is 0 Å². The number of hydrogen-bond acceptors (Lipinski definition) is 4. The van der Waals surface area contributed by atoms with E-state index in [0.717, 1.165) is 5.56 Å². The van der Waals surface area contributed by atoms with Crippen molar-refractivity contribution in [3.8, 4) is 11.5 Å². The summed E-state index contributed by atoms with van der Waals surface area (Å²) in [5.74, 6) is -1.07. The maximum atomic E-state index is 10.9. The largest absolute Gasteiger partial charge is 0.493 e. The molecule has 0 unspecified atom stereocenters. The van der Waals surface area contributed by atoms with Crippen LogP contribution in [-0.2, 0) is 6.42 Å². The number of fused-ring (bicyclic) bond motifs is 3. The average Bonchev–Trinajstić information content (AvgIpc) is 2.63. The van der Waals surface area contributed by atoms with E-state index in [4.69, 9.17) is 16.3 Å². The molecular formula is C19H29NO3. The summed E-state index contributed by atoms with van der Waals surface area (Å²) in [6.07, 6.45) is -3.44. The molecule has 1 fully saturated rings. The highest BCUT2D eigenvalue weighted by Crippen LogP contribution is 2.43. The van der Waals surface area contributed by atoms with Crippen molar-refractivity contribution >= 4 is 0 Å². The lowest BCUT2D eigenvalue weighted by Crippen LogP contribution is -2.48. The first-order chi connectivity index (χ1) is 12.9. The summed E-state index contributed by atoms with van der Waals surface area (Å²) in [5, 5.41) is 10.9. The van der Waals surface area contributed by atoms with Crippen LogP contribution in [0.4, 0.5) is 0 Å². The Morgan fingerprint density at radius 2 is 2.04 bits per heavy atom. The molecule has 1 aromatic rings. The van der Waals surface area contributed by atoms with Crippen molar-refractivity contribution in [3.05, 3.63) is 23.3 Å². The second-order valence-corrected chi connectivity index (χ2v) is 6.56. The minimum absolute atomic E-state index is 0.0582. The molecule has 0 saturated carbocycles. The van der Waals surface area contributed by atoms with Crippen molar-refractivity contribution < 1.29 is 21.4 Å². The minimum atomic E-state index is -2.21. The Morgan fingerprint density at radius 1 is 1.35 bits per heavy atom. The highest BCUT2D eigenvalue weighted by atomic mass is 16.5. The zero-order valence-electron chi connectivity index (χ0n) is 19.2. The van der Waals surface area contributed by atoms with Gasteiger partial charge in [-0.1, -0.05) is 13.8 Å². The first kappa shape index (κ1) is 11.3. The molecule has 2 aliphatic heterocycles. The molecule has 0 bridgehead atoms. The number of benzene rings is 1. The number of nitrogens with zero attached hydrogens (tertiary/aromatic N) is 1. The first-order valence-corrected chi connectivity index (χ1v) is 8.11. The van der Waals surface area contributed by atoms with E-state index < -0.39 is 30.9 Å². The van der Waals surface area contributed by atoms with Crippen molar-refractivity contribution in [2.45, 2.75) is 45.2 Å². The zero-order valence-corrected chi connectivity index (χ0v) is 14.2. The van der Waals surface area contributed by atoms with E-state index in [2.05, 4.69) is 0 Å². The van der Waals surface area contributed by atoms with E-state index in [-0.39, 0.29) is 18.9 Å². The summed E-state index contributed by atoms with van der Waals surface area (Å²) in [6, 6.07) is 2.44. The maximum absolute atomic E-state index is 10.9. The van der Waals surface area contributed by atoms with Crippen LogP contribution < -0.4 is 9.47 Å². The second kappa shape index (κ2) is 6.70. The van der Waals surface area contributed by atoms with Crippen LogP contribution in [0.1, 0.15) is 50.7 Å². The van der Waals surface area contributed by atoms with E-state index in [1.807, 2.05) is 13.8 Å². The number of hydrogen-bond donors (Lipinski definition) is 1. The standard InChI is InChI=1S/C19H29NO3/c1-12(2)7-14-11-20-6-5-13-8-18(22-3)19(23-4)9-15(13)16(20)10-17(14)21/h8-9,12,14,16-17,21H,5-7,10-11H2,1-4H3/t14-,16-,17+/m0/s1/i10D2,11D2,14D. The van der Waals surface area contributed by atoms with Crippen LogP contribution in [0, 0.1) is 11.8 Å². The fourth-order valence-corrected chi connectivity index (χ4v) is 3.34. The summed E-state index contributed by atoms with van der Waals surface area (Å²) in [7, 11) is 3.02. The van der Waals surface area contributed by atoms with Crippen LogP contribution in [0.15, 0.2) is 12.1 Å². The lowest BCUT2D eigenvalue weighted by molar-refractivity contribution is -0.0191. The average molecular weight is 324 g/mol. The molecule has 1 aromatic carbocycles. The number of aliphatic hydroxyl groups is 1. The van der Waals surface area contributed by atoms with Gasteiger partial charge in [0, 0.05) is 25.9 Å². The van der Waals surface area contributed by atoms with Crippen molar-refractivity contribution in [3.63, 3.8) is 0 Å². The number of methoxy groups -OCH3 is 2. The van der Waals surface area contributed by atoms with Crippen LogP contribution in [0.2, 0.25) is 0 Å². The lowest BCUT2D eigenvalue weighted by Gasteiger charge is -2.46. The van der Waals surface area contributed by atoms with Crippen LogP contribution >= 0.6 is 0 Å². The highest BCUT2D eigenvalue weighted by Gasteiger charge is 2.38. The molecule has 4 nitrogen and oxygen atoms in total. The minimum Gasteiger partial charge on any atom is -0.493 e. The molecule has 3 atom stereocenters. The van der Waals surface area contributed by atoms with Gasteiger partial charge in [0.05, 0.1) is 20.3 Å². The molecule has 2 aliphatic rings. The van der Waals surface area contributed by atoms with Gasteiger partial charge in [-0.2, -0.15) is 0 Å². The predicted octanol–water partition coefficient (Wildman–Crippen LogP) is 3.03. The van der Waals surface area contributed by atoms with Crippen LogP contribution in [-0.4, -0.2) is 43.4 Å². The molecule has 0 amide bonds. The Kier molecular flexibility index (Phi) is 3.30. The summed E-state index contributed by atoms with van der Waals surface area (Å²) in [5.41, 5.74) is 1.41. The molecule has 128 valence electrons. The van der Waals surface area contributed by atoms with Gasteiger partial charge in [0.2, 0.25) is 0 Å². The molecule has 0 spiro atoms. The molecule has 0 aromatic heterocycles. The third-order valence-corrected chi connectivity index (χ3v) is 4.43. The molecule has 23 heavy (non-hydrogen) atoms. The molecule has 0 radical (unpaired) electrons. The normalized spacial score (nSPS) is 38.3. The monoisotopic (exact) mass is 324 g/mol. The molecule has 0 aliphatic carbocycles. The number of ether oxygens (including phenoxy) is 2. The van der Waals surface area contributed by atoms with Crippen LogP contribution in [0.5, 0.6) is 11.5 Å². The van der Waals surface area contributed by atoms with Gasteiger partial charge < -0.3 is 14.6 Å². The third-order valence-electron chi connectivity index (χ3n) is 4.43. The Morgan fingerprint density at radius 3 is 2.70 bits per heavy atom. The Labute approximate surface area is 146 Å². The van der Waals surface area contributed by atoms with Gasteiger partial charge >= 0.3 is 0 Å². The van der Waals surface area contributed by atoms with Crippen molar-refractivity contribution in [2.75, 3.05) is 27.3 Å². The van der Waals surface area contributed by atoms with E-state index in [1.165, 1.54) is 19.1 Å². The van der Waals surface area contributed by atoms with Gasteiger partial charge in [0.25, 0.3) is 0 Å². The molecule has 2 heterocycles. The van der Waals surface area contributed by atoms with Gasteiger partial charge in [-0.05, 0) is 54.3 Å². The van der Waals surface area contributed by atoms with E-state index in [9.17, 15) is 5.11 Å². The summed E-state index contributed by atoms with van der Waals surface area (Å²) >= 11 is 0. The second-order valence-electron chi connectivity index (χ2n) is 6.56. The fraction of sp³-hybridized carbons (Fsp3) is 0.684.